The van der Waals surface area contributed by atoms with Gasteiger partial charge in [0.05, 0.1) is 5.69 Å². The van der Waals surface area contributed by atoms with Gasteiger partial charge >= 0.3 is 5.97 Å². The van der Waals surface area contributed by atoms with Gasteiger partial charge in [-0.1, -0.05) is 37.6 Å². The van der Waals surface area contributed by atoms with Gasteiger partial charge in [-0.25, -0.2) is 18.6 Å². The number of hydrogen-bond donors (Lipinski definition) is 1. The quantitative estimate of drug-likeness (QED) is 0.530. The normalized spacial score (nSPS) is 16.8. The molecule has 0 saturated carbocycles. The maximum absolute atomic E-state index is 14.1. The summed E-state index contributed by atoms with van der Waals surface area (Å²) < 4.78 is 33.2. The number of benzene rings is 1. The number of hydrogen-bond acceptors (Lipinski definition) is 6. The molecule has 1 aromatic carbocycles. The largest absolute Gasteiger partial charge is 0.458 e. The average molecular weight is 500 g/mol. The smallest absolute Gasteiger partial charge is 0.329 e. The summed E-state index contributed by atoms with van der Waals surface area (Å²) in [6, 6.07) is 2.40. The Bertz CT molecular complexity index is 1030. The standard InChI is InChI=1S/C22H24ClF2N3O4S/c1-12(2)20(21(31)32-10-14-11-33-22(23)26-14)27-17(29)8-15-6-7-18(30)28(15)9-13-4-3-5-16(24)19(13)25/h3-5,11-12,15,20H,6-10H2,1-2H3,(H,27,29)/t15-,20-/m0/s1. The van der Waals surface area contributed by atoms with Crippen molar-refractivity contribution in [1.82, 2.24) is 15.2 Å². The molecule has 2 heterocycles. The highest BCUT2D eigenvalue weighted by Gasteiger charge is 2.34. The highest BCUT2D eigenvalue weighted by molar-refractivity contribution is 7.13. The molecule has 0 radical (unpaired) electrons. The first-order valence-electron chi connectivity index (χ1n) is 10.4. The molecule has 0 aliphatic carbocycles. The van der Waals surface area contributed by atoms with E-state index < -0.39 is 35.6 Å². The van der Waals surface area contributed by atoms with Crippen molar-refractivity contribution in [3.63, 3.8) is 0 Å². The molecule has 0 unspecified atom stereocenters. The predicted octanol–water partition coefficient (Wildman–Crippen LogP) is 3.84. The minimum Gasteiger partial charge on any atom is -0.458 e. The Labute approximate surface area is 199 Å². The third-order valence-corrected chi connectivity index (χ3v) is 6.40. The van der Waals surface area contributed by atoms with Gasteiger partial charge in [0.15, 0.2) is 16.1 Å². The van der Waals surface area contributed by atoms with E-state index in [0.29, 0.717) is 16.6 Å². The van der Waals surface area contributed by atoms with Gasteiger partial charge in [0.1, 0.15) is 12.6 Å². The fraction of sp³-hybridized carbons (Fsp3) is 0.455. The maximum Gasteiger partial charge on any atom is 0.329 e. The van der Waals surface area contributed by atoms with E-state index in [1.807, 2.05) is 0 Å². The molecule has 7 nitrogen and oxygen atoms in total. The van der Waals surface area contributed by atoms with Crippen molar-refractivity contribution in [2.75, 3.05) is 0 Å². The summed E-state index contributed by atoms with van der Waals surface area (Å²) in [5.74, 6) is -3.53. The van der Waals surface area contributed by atoms with Crippen LogP contribution < -0.4 is 5.32 Å². The second-order valence-corrected chi connectivity index (χ2v) is 9.56. The van der Waals surface area contributed by atoms with Crippen LogP contribution in [-0.2, 0) is 32.3 Å². The van der Waals surface area contributed by atoms with E-state index in [9.17, 15) is 23.2 Å². The molecule has 11 heteroatoms. The molecule has 1 aromatic heterocycles. The summed E-state index contributed by atoms with van der Waals surface area (Å²) in [5.41, 5.74) is 0.554. The molecule has 1 aliphatic rings. The summed E-state index contributed by atoms with van der Waals surface area (Å²) in [6.45, 7) is 3.34. The summed E-state index contributed by atoms with van der Waals surface area (Å²) in [6.07, 6.45) is 0.548. The van der Waals surface area contributed by atoms with Crippen LogP contribution in [0.3, 0.4) is 0 Å². The number of thiazole rings is 1. The van der Waals surface area contributed by atoms with Crippen molar-refractivity contribution in [2.24, 2.45) is 5.92 Å². The SMILES string of the molecule is CC(C)[C@H](NC(=O)C[C@@H]1CCC(=O)N1Cc1cccc(F)c1F)C(=O)OCc1csc(Cl)n1. The fourth-order valence-electron chi connectivity index (χ4n) is 3.60. The van der Waals surface area contributed by atoms with Crippen molar-refractivity contribution in [2.45, 2.75) is 58.3 Å². The van der Waals surface area contributed by atoms with Gasteiger partial charge in [-0.15, -0.1) is 11.3 Å². The molecular weight excluding hydrogens is 476 g/mol. The average Bonchev–Trinajstić information content (AvgIpc) is 3.33. The summed E-state index contributed by atoms with van der Waals surface area (Å²) in [7, 11) is 0. The summed E-state index contributed by atoms with van der Waals surface area (Å²) in [5, 5.41) is 4.35. The van der Waals surface area contributed by atoms with Crippen LogP contribution in [0.5, 0.6) is 0 Å². The lowest BCUT2D eigenvalue weighted by molar-refractivity contribution is -0.150. The van der Waals surface area contributed by atoms with Crippen LogP contribution in [0.15, 0.2) is 23.6 Å². The first-order valence-corrected chi connectivity index (χ1v) is 11.7. The Balaban J connectivity index is 1.59. The number of aromatic nitrogens is 1. The number of ether oxygens (including phenoxy) is 1. The van der Waals surface area contributed by atoms with E-state index >= 15 is 0 Å². The minimum atomic E-state index is -1.01. The molecule has 3 rings (SSSR count). The molecule has 1 aliphatic heterocycles. The number of amides is 2. The Kier molecular flexibility index (Phi) is 8.36. The van der Waals surface area contributed by atoms with E-state index in [4.69, 9.17) is 16.3 Å². The molecule has 2 atom stereocenters. The lowest BCUT2D eigenvalue weighted by Gasteiger charge is -2.26. The zero-order valence-electron chi connectivity index (χ0n) is 18.1. The third kappa shape index (κ3) is 6.48. The molecule has 0 spiro atoms. The van der Waals surface area contributed by atoms with Gasteiger partial charge in [0, 0.05) is 36.4 Å². The third-order valence-electron chi connectivity index (χ3n) is 5.37. The van der Waals surface area contributed by atoms with Crippen LogP contribution in [0.25, 0.3) is 0 Å². The lowest BCUT2D eigenvalue weighted by Crippen LogP contribution is -2.47. The van der Waals surface area contributed by atoms with E-state index in [1.165, 1.54) is 28.4 Å². The molecule has 178 valence electrons. The number of carbonyl (C=O) groups excluding carboxylic acids is 3. The topological polar surface area (TPSA) is 88.6 Å². The molecule has 33 heavy (non-hydrogen) atoms. The number of rotatable bonds is 9. The Hall–Kier alpha value is -2.59. The Morgan fingerprint density at radius 2 is 2.12 bits per heavy atom. The summed E-state index contributed by atoms with van der Waals surface area (Å²) in [4.78, 5) is 42.9. The van der Waals surface area contributed by atoms with Gasteiger partial charge in [-0.3, -0.25) is 9.59 Å². The molecule has 1 N–H and O–H groups in total. The number of likely N-dealkylation sites (tertiary alicyclic amines) is 1. The number of carbonyl (C=O) groups is 3. The zero-order valence-corrected chi connectivity index (χ0v) is 19.7. The van der Waals surface area contributed by atoms with Gasteiger partial charge in [0.25, 0.3) is 0 Å². The molecule has 0 bridgehead atoms. The molecule has 1 saturated heterocycles. The minimum absolute atomic E-state index is 0.0430. The lowest BCUT2D eigenvalue weighted by atomic mass is 10.0. The van der Waals surface area contributed by atoms with Crippen LogP contribution in [-0.4, -0.2) is 39.8 Å². The second kappa shape index (κ2) is 11.0. The van der Waals surface area contributed by atoms with Crippen LogP contribution in [0, 0.1) is 17.6 Å². The van der Waals surface area contributed by atoms with Crippen molar-refractivity contribution in [1.29, 1.82) is 0 Å². The monoisotopic (exact) mass is 499 g/mol. The van der Waals surface area contributed by atoms with Gasteiger partial charge in [-0.2, -0.15) is 0 Å². The fourth-order valence-corrected chi connectivity index (χ4v) is 4.37. The van der Waals surface area contributed by atoms with Crippen molar-refractivity contribution >= 4 is 40.7 Å². The second-order valence-electron chi connectivity index (χ2n) is 8.12. The molecule has 2 aromatic rings. The maximum atomic E-state index is 14.1. The van der Waals surface area contributed by atoms with Gasteiger partial charge < -0.3 is 15.0 Å². The van der Waals surface area contributed by atoms with Crippen LogP contribution in [0.1, 0.15) is 44.4 Å². The Morgan fingerprint density at radius 3 is 2.79 bits per heavy atom. The van der Waals surface area contributed by atoms with Crippen molar-refractivity contribution in [3.8, 4) is 0 Å². The predicted molar refractivity (Wildman–Crippen MR) is 118 cm³/mol. The van der Waals surface area contributed by atoms with Gasteiger partial charge in [-0.05, 0) is 18.4 Å². The number of esters is 1. The Morgan fingerprint density at radius 1 is 1.36 bits per heavy atom. The van der Waals surface area contributed by atoms with E-state index in [0.717, 1.165) is 6.07 Å². The van der Waals surface area contributed by atoms with Crippen LogP contribution >= 0.6 is 22.9 Å². The highest BCUT2D eigenvalue weighted by Crippen LogP contribution is 2.25. The first kappa shape index (κ1) is 25.0. The summed E-state index contributed by atoms with van der Waals surface area (Å²) >= 11 is 6.99. The van der Waals surface area contributed by atoms with E-state index in [-0.39, 0.29) is 43.4 Å². The van der Waals surface area contributed by atoms with Crippen LogP contribution in [0.2, 0.25) is 4.47 Å². The molecule has 2 amide bonds. The highest BCUT2D eigenvalue weighted by atomic mass is 35.5. The van der Waals surface area contributed by atoms with Gasteiger partial charge in [0.2, 0.25) is 11.8 Å². The molecule has 1 fully saturated rings. The zero-order chi connectivity index (χ0) is 24.1. The van der Waals surface area contributed by atoms with E-state index in [2.05, 4.69) is 10.3 Å². The number of nitrogens with zero attached hydrogens (tertiary/aromatic N) is 2. The van der Waals surface area contributed by atoms with Crippen molar-refractivity contribution in [3.05, 3.63) is 50.9 Å². The number of halogens is 3. The van der Waals surface area contributed by atoms with E-state index in [1.54, 1.807) is 19.2 Å². The molecular formula is C22H24ClF2N3O4S. The number of nitrogens with one attached hydrogen (secondary N) is 1. The van der Waals surface area contributed by atoms with Crippen LogP contribution in [0.4, 0.5) is 8.78 Å². The van der Waals surface area contributed by atoms with Crippen molar-refractivity contribution < 1.29 is 27.9 Å². The first-order chi connectivity index (χ1) is 15.7.